The molecule has 2 amide bonds. The van der Waals surface area contributed by atoms with Crippen LogP contribution in [-0.4, -0.2) is 32.0 Å². The van der Waals surface area contributed by atoms with Crippen LogP contribution in [0.1, 0.15) is 79.2 Å². The number of hydrogen-bond acceptors (Lipinski definition) is 6. The Hall–Kier alpha value is -4.46. The predicted molar refractivity (Wildman–Crippen MR) is 181 cm³/mol. The number of aromatic nitrogens is 4. The fraction of sp³-hybridized carbons (Fsp3) is 0.389. The Labute approximate surface area is 264 Å². The summed E-state index contributed by atoms with van der Waals surface area (Å²) in [5.41, 5.74) is 7.54. The fourth-order valence-corrected chi connectivity index (χ4v) is 5.18. The van der Waals surface area contributed by atoms with E-state index in [1.807, 2.05) is 76.2 Å². The van der Waals surface area contributed by atoms with Gasteiger partial charge in [0, 0.05) is 56.8 Å². The van der Waals surface area contributed by atoms with Crippen molar-refractivity contribution in [2.75, 3.05) is 10.6 Å². The molecule has 2 aromatic heterocycles. The van der Waals surface area contributed by atoms with E-state index in [9.17, 15) is 9.59 Å². The number of hydrogen-bond donors (Lipinski definition) is 2. The van der Waals surface area contributed by atoms with Crippen LogP contribution in [-0.2, 0) is 9.59 Å². The third-order valence-electron chi connectivity index (χ3n) is 8.13. The lowest BCUT2D eigenvalue weighted by molar-refractivity contribution is -0.118. The van der Waals surface area contributed by atoms with Crippen molar-refractivity contribution in [3.05, 3.63) is 84.4 Å². The number of anilines is 2. The zero-order valence-corrected chi connectivity index (χ0v) is 26.3. The zero-order valence-electron chi connectivity index (χ0n) is 26.3. The van der Waals surface area contributed by atoms with Crippen molar-refractivity contribution < 1.29 is 12.4 Å². The van der Waals surface area contributed by atoms with Crippen LogP contribution in [0.5, 0.6) is 0 Å². The molecule has 2 aromatic carbocycles. The van der Waals surface area contributed by atoms with Gasteiger partial charge in [-0.15, -0.1) is 0 Å². The highest BCUT2D eigenvalue weighted by molar-refractivity contribution is 5.92. The Kier molecular flexibility index (Phi) is 12.1. The molecule has 2 heterocycles. The minimum atomic E-state index is 0. The van der Waals surface area contributed by atoms with Crippen molar-refractivity contribution in [1.29, 1.82) is 0 Å². The van der Waals surface area contributed by atoms with Crippen LogP contribution in [0.25, 0.3) is 22.5 Å². The smallest absolute Gasteiger partial charge is 0.224 e. The summed E-state index contributed by atoms with van der Waals surface area (Å²) in [6, 6.07) is 15.6. The third kappa shape index (κ3) is 9.27. The maximum absolute atomic E-state index is 12.0. The van der Waals surface area contributed by atoms with E-state index < -0.39 is 0 Å². The molecule has 44 heavy (non-hydrogen) atoms. The first kappa shape index (κ1) is 32.5. The normalized spacial score (nSPS) is 14.0. The summed E-state index contributed by atoms with van der Waals surface area (Å²) in [6.45, 7) is 8.06. The quantitative estimate of drug-likeness (QED) is 0.211. The first-order valence-corrected chi connectivity index (χ1v) is 15.8. The molecule has 0 saturated heterocycles. The highest BCUT2D eigenvalue weighted by Gasteiger charge is 2.21. The molecule has 8 heteroatoms. The second-order valence-electron chi connectivity index (χ2n) is 11.4. The summed E-state index contributed by atoms with van der Waals surface area (Å²) in [7, 11) is 0. The topological polar surface area (TPSA) is 110 Å². The van der Waals surface area contributed by atoms with Crippen molar-refractivity contribution in [3.63, 3.8) is 0 Å². The van der Waals surface area contributed by atoms with Gasteiger partial charge in [-0.1, -0.05) is 38.8 Å². The summed E-state index contributed by atoms with van der Waals surface area (Å²) in [5.74, 6) is 1.37. The van der Waals surface area contributed by atoms with E-state index in [1.54, 1.807) is 24.8 Å². The van der Waals surface area contributed by atoms with Gasteiger partial charge in [-0.2, -0.15) is 10.2 Å². The number of nitrogens with zero attached hydrogens (tertiary/aromatic N) is 4. The highest BCUT2D eigenvalue weighted by atomic mass is 16.2. The predicted octanol–water partition coefficient (Wildman–Crippen LogP) is 8.68. The van der Waals surface area contributed by atoms with Gasteiger partial charge in [-0.05, 0) is 98.9 Å². The van der Waals surface area contributed by atoms with Crippen molar-refractivity contribution in [1.82, 2.24) is 20.2 Å². The van der Waals surface area contributed by atoms with Crippen LogP contribution in [0.3, 0.4) is 0 Å². The minimum absolute atomic E-state index is 0. The monoisotopic (exact) mass is 596 g/mol. The number of carbonyl (C=O) groups is 2. The van der Waals surface area contributed by atoms with E-state index in [1.165, 1.54) is 38.5 Å². The van der Waals surface area contributed by atoms with E-state index >= 15 is 0 Å². The Bertz CT molecular complexity index is 1400. The lowest BCUT2D eigenvalue weighted by Crippen LogP contribution is -2.20. The Morgan fingerprint density at radius 1 is 0.750 bits per heavy atom. The van der Waals surface area contributed by atoms with Crippen molar-refractivity contribution >= 4 is 23.2 Å². The van der Waals surface area contributed by atoms with Crippen molar-refractivity contribution in [2.24, 2.45) is 11.8 Å². The Balaban J connectivity index is 0.000000292. The van der Waals surface area contributed by atoms with Gasteiger partial charge in [0.25, 0.3) is 0 Å². The fourth-order valence-electron chi connectivity index (χ4n) is 5.18. The minimum Gasteiger partial charge on any atom is -0.326 e. The maximum atomic E-state index is 12.0. The van der Waals surface area contributed by atoms with E-state index in [0.29, 0.717) is 24.7 Å². The van der Waals surface area contributed by atoms with E-state index in [4.69, 9.17) is 0 Å². The summed E-state index contributed by atoms with van der Waals surface area (Å²) in [6.07, 6.45) is 15.3. The molecule has 2 fully saturated rings. The largest absolute Gasteiger partial charge is 0.326 e. The Morgan fingerprint density at radius 2 is 1.30 bits per heavy atom. The van der Waals surface area contributed by atoms with Crippen LogP contribution in [0.4, 0.5) is 11.4 Å². The molecule has 0 unspecified atom stereocenters. The second-order valence-corrected chi connectivity index (χ2v) is 11.4. The number of aryl methyl sites for hydroxylation is 2. The van der Waals surface area contributed by atoms with E-state index in [0.717, 1.165) is 45.0 Å². The van der Waals surface area contributed by atoms with Crippen molar-refractivity contribution in [2.45, 2.75) is 79.1 Å². The molecule has 2 N–H and O–H groups in total. The average molecular weight is 597 g/mol. The van der Waals surface area contributed by atoms with Gasteiger partial charge in [0.05, 0.1) is 17.6 Å². The van der Waals surface area contributed by atoms with E-state index in [-0.39, 0.29) is 14.7 Å². The van der Waals surface area contributed by atoms with Gasteiger partial charge < -0.3 is 10.6 Å². The van der Waals surface area contributed by atoms with Gasteiger partial charge >= 0.3 is 0 Å². The molecular weight excluding hydrogens is 548 g/mol. The van der Waals surface area contributed by atoms with Crippen LogP contribution in [0.15, 0.2) is 73.3 Å². The van der Waals surface area contributed by atoms with Gasteiger partial charge in [-0.3, -0.25) is 19.6 Å². The summed E-state index contributed by atoms with van der Waals surface area (Å²) in [5, 5.41) is 14.0. The first-order valence-electron chi connectivity index (χ1n) is 15.8. The van der Waals surface area contributed by atoms with Gasteiger partial charge in [0.1, 0.15) is 0 Å². The summed E-state index contributed by atoms with van der Waals surface area (Å²) < 4.78 is 0. The van der Waals surface area contributed by atoms with Crippen LogP contribution < -0.4 is 10.6 Å². The van der Waals surface area contributed by atoms with Gasteiger partial charge in [-0.25, -0.2) is 0 Å². The number of nitrogens with one attached hydrogen (secondary N) is 2. The SMILES string of the molecule is CC.Cc1ccc(NC(=O)CC2CCC2)cc1-c1cccnn1.Cc1ccc(NC(=O)CC2CCC2)cc1-c1cnccn1.[HH].[HH]. The average Bonchev–Trinajstić information content (AvgIpc) is 3.01. The molecule has 0 bridgehead atoms. The molecule has 2 aliphatic carbocycles. The lowest BCUT2D eigenvalue weighted by Gasteiger charge is -2.24. The number of benzene rings is 2. The van der Waals surface area contributed by atoms with E-state index in [2.05, 4.69) is 30.8 Å². The molecule has 8 nitrogen and oxygen atoms in total. The summed E-state index contributed by atoms with van der Waals surface area (Å²) in [4.78, 5) is 32.4. The molecule has 0 spiro atoms. The molecule has 2 saturated carbocycles. The molecule has 4 aromatic rings. The van der Waals surface area contributed by atoms with Crippen molar-refractivity contribution in [3.8, 4) is 22.5 Å². The zero-order chi connectivity index (χ0) is 31.3. The Morgan fingerprint density at radius 3 is 1.73 bits per heavy atom. The number of carbonyl (C=O) groups excluding carboxylic acids is 2. The summed E-state index contributed by atoms with van der Waals surface area (Å²) >= 11 is 0. The van der Waals surface area contributed by atoms with Gasteiger partial charge in [0.15, 0.2) is 0 Å². The molecule has 234 valence electrons. The third-order valence-corrected chi connectivity index (χ3v) is 8.13. The molecule has 2 aliphatic rings. The maximum Gasteiger partial charge on any atom is 0.224 e. The molecule has 6 rings (SSSR count). The standard InChI is InChI=1S/2C17H19N3O.C2H6.2H2/c1-12-7-8-14(19-17(21)10-13-4-2-5-13)11-15(12)16-6-3-9-18-20-16;1-12-5-6-14(20-17(21)9-13-3-2-4-13)10-15(12)16-11-18-7-8-19-16;1-2;;/h3,6-9,11,13H,2,4-5,10H2,1H3,(H,19,21);5-8,10-11,13H,2-4,9H2,1H3,(H,20,21);1-2H3;2*1H. The number of amides is 2. The molecule has 0 atom stereocenters. The van der Waals surface area contributed by atoms with Crippen LogP contribution in [0, 0.1) is 25.7 Å². The highest BCUT2D eigenvalue weighted by Crippen LogP contribution is 2.31. The molecule has 0 radical (unpaired) electrons. The van der Waals surface area contributed by atoms with Crippen LogP contribution >= 0.6 is 0 Å². The van der Waals surface area contributed by atoms with Gasteiger partial charge in [0.2, 0.25) is 11.8 Å². The lowest BCUT2D eigenvalue weighted by atomic mass is 9.83. The molecule has 0 aliphatic heterocycles. The first-order chi connectivity index (χ1) is 21.4. The van der Waals surface area contributed by atoms with Crippen LogP contribution in [0.2, 0.25) is 0 Å². The number of rotatable bonds is 8. The molecular formula is C36H48N6O2. The second kappa shape index (κ2) is 16.4.